The van der Waals surface area contributed by atoms with E-state index in [0.717, 1.165) is 62.9 Å². The topological polar surface area (TPSA) is 72.9 Å². The molecule has 2 aromatic heterocycles. The predicted molar refractivity (Wildman–Crippen MR) is 90.2 cm³/mol. The van der Waals surface area contributed by atoms with Crippen LogP contribution in [0.15, 0.2) is 10.9 Å². The highest BCUT2D eigenvalue weighted by atomic mass is 16.5. The van der Waals surface area contributed by atoms with Gasteiger partial charge in [0.1, 0.15) is 12.2 Å². The van der Waals surface area contributed by atoms with Crippen LogP contribution in [0.1, 0.15) is 70.0 Å². The van der Waals surface area contributed by atoms with Crippen molar-refractivity contribution < 1.29 is 4.52 Å². The first kappa shape index (κ1) is 17.1. The highest BCUT2D eigenvalue weighted by Crippen LogP contribution is 2.31. The Morgan fingerprint density at radius 2 is 2.25 bits per heavy atom. The van der Waals surface area contributed by atoms with E-state index in [0.29, 0.717) is 12.0 Å². The maximum absolute atomic E-state index is 5.36. The van der Waals surface area contributed by atoms with Gasteiger partial charge in [-0.15, -0.1) is 10.2 Å². The molecule has 3 heterocycles. The van der Waals surface area contributed by atoms with Gasteiger partial charge >= 0.3 is 0 Å². The van der Waals surface area contributed by atoms with Crippen LogP contribution in [0.25, 0.3) is 0 Å². The van der Waals surface area contributed by atoms with Gasteiger partial charge in [-0.05, 0) is 31.7 Å². The van der Waals surface area contributed by atoms with E-state index in [4.69, 9.17) is 4.52 Å². The lowest BCUT2D eigenvalue weighted by molar-refractivity contribution is 0.224. The van der Waals surface area contributed by atoms with E-state index >= 15 is 0 Å². The van der Waals surface area contributed by atoms with E-state index in [1.165, 1.54) is 6.42 Å². The molecule has 0 unspecified atom stereocenters. The van der Waals surface area contributed by atoms with Gasteiger partial charge in [0.05, 0.1) is 12.6 Å². The van der Waals surface area contributed by atoms with Gasteiger partial charge in [-0.25, -0.2) is 0 Å². The fourth-order valence-corrected chi connectivity index (χ4v) is 3.33. The first-order valence-electron chi connectivity index (χ1n) is 9.10. The van der Waals surface area contributed by atoms with Crippen LogP contribution < -0.4 is 0 Å². The summed E-state index contributed by atoms with van der Waals surface area (Å²) in [5, 5.41) is 12.7. The fraction of sp³-hybridized carbons (Fsp3) is 0.765. The van der Waals surface area contributed by atoms with Crippen LogP contribution in [0, 0.1) is 5.92 Å². The molecule has 1 atom stereocenters. The SMILES string of the molecule is CCCCc1nc(CN2CCC[C@H]2c2nncn2CC(C)C)no1. The van der Waals surface area contributed by atoms with Crippen molar-refractivity contribution in [1.29, 1.82) is 0 Å². The van der Waals surface area contributed by atoms with E-state index in [9.17, 15) is 0 Å². The molecule has 1 aliphatic rings. The molecule has 0 aliphatic carbocycles. The molecule has 0 spiro atoms. The summed E-state index contributed by atoms with van der Waals surface area (Å²) in [4.78, 5) is 6.93. The minimum absolute atomic E-state index is 0.295. The summed E-state index contributed by atoms with van der Waals surface area (Å²) in [6.45, 7) is 9.31. The molecule has 24 heavy (non-hydrogen) atoms. The quantitative estimate of drug-likeness (QED) is 0.740. The molecule has 7 heteroatoms. The average molecular weight is 332 g/mol. The zero-order valence-corrected chi connectivity index (χ0v) is 15.0. The fourth-order valence-electron chi connectivity index (χ4n) is 3.33. The van der Waals surface area contributed by atoms with Crippen LogP contribution in [-0.4, -0.2) is 36.3 Å². The molecule has 1 saturated heterocycles. The third-order valence-electron chi connectivity index (χ3n) is 4.47. The molecule has 0 aromatic carbocycles. The zero-order chi connectivity index (χ0) is 16.9. The maximum Gasteiger partial charge on any atom is 0.226 e. The van der Waals surface area contributed by atoms with Crippen molar-refractivity contribution in [3.05, 3.63) is 23.9 Å². The summed E-state index contributed by atoms with van der Waals surface area (Å²) < 4.78 is 7.55. The summed E-state index contributed by atoms with van der Waals surface area (Å²) in [5.41, 5.74) is 0. The number of unbranched alkanes of at least 4 members (excludes halogenated alkanes) is 1. The Morgan fingerprint density at radius 1 is 1.38 bits per heavy atom. The predicted octanol–water partition coefficient (Wildman–Crippen LogP) is 3.00. The largest absolute Gasteiger partial charge is 0.339 e. The molecule has 0 N–H and O–H groups in total. The molecule has 0 amide bonds. The molecular formula is C17H28N6O. The lowest BCUT2D eigenvalue weighted by Gasteiger charge is -2.23. The smallest absolute Gasteiger partial charge is 0.226 e. The molecular weight excluding hydrogens is 304 g/mol. The first-order chi connectivity index (χ1) is 11.7. The van der Waals surface area contributed by atoms with Crippen molar-refractivity contribution >= 4 is 0 Å². The summed E-state index contributed by atoms with van der Waals surface area (Å²) in [5.74, 6) is 3.18. The number of nitrogens with zero attached hydrogens (tertiary/aromatic N) is 6. The van der Waals surface area contributed by atoms with E-state index in [1.54, 1.807) is 0 Å². The molecule has 1 aliphatic heterocycles. The monoisotopic (exact) mass is 332 g/mol. The number of hydrogen-bond donors (Lipinski definition) is 0. The third-order valence-corrected chi connectivity index (χ3v) is 4.47. The Balaban J connectivity index is 1.67. The van der Waals surface area contributed by atoms with Gasteiger partial charge in [-0.2, -0.15) is 4.98 Å². The van der Waals surface area contributed by atoms with Crippen molar-refractivity contribution in [2.24, 2.45) is 5.92 Å². The molecule has 7 nitrogen and oxygen atoms in total. The Labute approximate surface area is 143 Å². The van der Waals surface area contributed by atoms with Crippen LogP contribution in [-0.2, 0) is 19.5 Å². The Morgan fingerprint density at radius 3 is 3.04 bits per heavy atom. The molecule has 0 radical (unpaired) electrons. The van der Waals surface area contributed by atoms with Gasteiger partial charge in [0, 0.05) is 13.0 Å². The van der Waals surface area contributed by atoms with E-state index < -0.39 is 0 Å². The van der Waals surface area contributed by atoms with Crippen LogP contribution >= 0.6 is 0 Å². The minimum Gasteiger partial charge on any atom is -0.339 e. The normalized spacial score (nSPS) is 18.8. The molecule has 0 saturated carbocycles. The zero-order valence-electron chi connectivity index (χ0n) is 15.0. The third kappa shape index (κ3) is 4.01. The van der Waals surface area contributed by atoms with Crippen molar-refractivity contribution in [3.8, 4) is 0 Å². The molecule has 0 bridgehead atoms. The van der Waals surface area contributed by atoms with Crippen molar-refractivity contribution in [1.82, 2.24) is 29.8 Å². The maximum atomic E-state index is 5.36. The summed E-state index contributed by atoms with van der Waals surface area (Å²) in [6.07, 6.45) is 7.22. The van der Waals surface area contributed by atoms with Crippen LogP contribution in [0.3, 0.4) is 0 Å². The summed E-state index contributed by atoms with van der Waals surface area (Å²) in [6, 6.07) is 0.295. The van der Waals surface area contributed by atoms with Gasteiger partial charge in [-0.3, -0.25) is 4.90 Å². The highest BCUT2D eigenvalue weighted by Gasteiger charge is 2.31. The highest BCUT2D eigenvalue weighted by molar-refractivity contribution is 5.01. The van der Waals surface area contributed by atoms with Gasteiger partial charge in [0.2, 0.25) is 5.89 Å². The Bertz CT molecular complexity index is 635. The number of aromatic nitrogens is 5. The number of rotatable bonds is 8. The Hall–Kier alpha value is -1.76. The summed E-state index contributed by atoms with van der Waals surface area (Å²) >= 11 is 0. The number of hydrogen-bond acceptors (Lipinski definition) is 6. The Kier molecular flexibility index (Phi) is 5.60. The van der Waals surface area contributed by atoms with E-state index in [1.807, 2.05) is 6.33 Å². The number of aryl methyl sites for hydroxylation is 1. The second-order valence-electron chi connectivity index (χ2n) is 7.07. The van der Waals surface area contributed by atoms with Gasteiger partial charge in [0.25, 0.3) is 0 Å². The van der Waals surface area contributed by atoms with Crippen LogP contribution in [0.4, 0.5) is 0 Å². The van der Waals surface area contributed by atoms with Gasteiger partial charge in [-0.1, -0.05) is 32.3 Å². The van der Waals surface area contributed by atoms with Crippen LogP contribution in [0.2, 0.25) is 0 Å². The molecule has 132 valence electrons. The molecule has 1 fully saturated rings. The molecule has 3 rings (SSSR count). The van der Waals surface area contributed by atoms with Gasteiger partial charge < -0.3 is 9.09 Å². The van der Waals surface area contributed by atoms with Crippen molar-refractivity contribution in [3.63, 3.8) is 0 Å². The second-order valence-corrected chi connectivity index (χ2v) is 7.07. The van der Waals surface area contributed by atoms with E-state index in [-0.39, 0.29) is 0 Å². The number of likely N-dealkylation sites (tertiary alicyclic amines) is 1. The first-order valence-corrected chi connectivity index (χ1v) is 9.10. The standard InChI is InChI=1S/C17H28N6O/c1-4-5-8-16-19-15(21-24-16)11-22-9-6-7-14(22)17-20-18-12-23(17)10-13(2)3/h12-14H,4-11H2,1-3H3/t14-/m0/s1. The lowest BCUT2D eigenvalue weighted by Crippen LogP contribution is -2.26. The summed E-state index contributed by atoms with van der Waals surface area (Å²) in [7, 11) is 0. The lowest BCUT2D eigenvalue weighted by atomic mass is 10.2. The average Bonchev–Trinajstić information content (AvgIpc) is 3.26. The molecule has 2 aromatic rings. The second kappa shape index (κ2) is 7.88. The van der Waals surface area contributed by atoms with Gasteiger partial charge in [0.15, 0.2) is 5.82 Å². The van der Waals surface area contributed by atoms with E-state index in [2.05, 4.69) is 50.6 Å². The van der Waals surface area contributed by atoms with Crippen molar-refractivity contribution in [2.75, 3.05) is 6.54 Å². The van der Waals surface area contributed by atoms with Crippen LogP contribution in [0.5, 0.6) is 0 Å². The minimum atomic E-state index is 0.295. The van der Waals surface area contributed by atoms with Crippen molar-refractivity contribution in [2.45, 2.75) is 72.0 Å².